The van der Waals surface area contributed by atoms with Crippen LogP contribution in [-0.4, -0.2) is 21.8 Å². The van der Waals surface area contributed by atoms with E-state index in [0.29, 0.717) is 23.1 Å². The van der Waals surface area contributed by atoms with Gasteiger partial charge in [-0.1, -0.05) is 23.7 Å². The van der Waals surface area contributed by atoms with E-state index < -0.39 is 4.92 Å². The molecule has 0 radical (unpaired) electrons. The summed E-state index contributed by atoms with van der Waals surface area (Å²) in [5.41, 5.74) is 0.891. The molecule has 0 aliphatic carbocycles. The predicted molar refractivity (Wildman–Crippen MR) is 65.9 cm³/mol. The van der Waals surface area contributed by atoms with Crippen molar-refractivity contribution < 1.29 is 9.66 Å². The van der Waals surface area contributed by atoms with Gasteiger partial charge in [0, 0.05) is 19.2 Å². The SMILES string of the molecule is COCc1cc(Cl)n(-c2ccccc2[N+](=O)[O-])n1. The number of methoxy groups -OCH3 is 1. The summed E-state index contributed by atoms with van der Waals surface area (Å²) < 4.78 is 6.27. The molecule has 0 fully saturated rings. The van der Waals surface area contributed by atoms with Gasteiger partial charge in [-0.2, -0.15) is 5.10 Å². The van der Waals surface area contributed by atoms with Crippen molar-refractivity contribution in [1.29, 1.82) is 0 Å². The normalized spacial score (nSPS) is 10.6. The molecule has 0 unspecified atom stereocenters. The number of benzene rings is 1. The Hall–Kier alpha value is -1.92. The molecule has 7 heteroatoms. The maximum atomic E-state index is 10.9. The Morgan fingerprint density at radius 1 is 1.50 bits per heavy atom. The number of rotatable bonds is 4. The van der Waals surface area contributed by atoms with Gasteiger partial charge in [-0.25, -0.2) is 4.68 Å². The van der Waals surface area contributed by atoms with E-state index >= 15 is 0 Å². The highest BCUT2D eigenvalue weighted by molar-refractivity contribution is 6.29. The lowest BCUT2D eigenvalue weighted by Crippen LogP contribution is -2.02. The van der Waals surface area contributed by atoms with Crippen LogP contribution in [0.3, 0.4) is 0 Å². The number of aromatic nitrogens is 2. The average Bonchev–Trinajstić information content (AvgIpc) is 2.70. The number of hydrogen-bond acceptors (Lipinski definition) is 4. The maximum Gasteiger partial charge on any atom is 0.294 e. The fraction of sp³-hybridized carbons (Fsp3) is 0.182. The minimum Gasteiger partial charge on any atom is -0.378 e. The quantitative estimate of drug-likeness (QED) is 0.630. The Labute approximate surface area is 108 Å². The smallest absolute Gasteiger partial charge is 0.294 e. The van der Waals surface area contributed by atoms with Crippen molar-refractivity contribution in [2.45, 2.75) is 6.61 Å². The number of nitrogens with zero attached hydrogens (tertiary/aromatic N) is 3. The number of nitro benzene ring substituents is 1. The van der Waals surface area contributed by atoms with E-state index in [4.69, 9.17) is 16.3 Å². The standard InChI is InChI=1S/C11H10ClN3O3/c1-18-7-8-6-11(12)14(13-8)9-4-2-3-5-10(9)15(16)17/h2-6H,7H2,1H3. The lowest BCUT2D eigenvalue weighted by molar-refractivity contribution is -0.384. The second-order valence-electron chi connectivity index (χ2n) is 3.55. The first kappa shape index (κ1) is 12.5. The largest absolute Gasteiger partial charge is 0.378 e. The molecule has 0 saturated carbocycles. The van der Waals surface area contributed by atoms with Crippen LogP contribution in [0, 0.1) is 10.1 Å². The van der Waals surface area contributed by atoms with E-state index in [9.17, 15) is 10.1 Å². The van der Waals surface area contributed by atoms with Crippen LogP contribution in [0.4, 0.5) is 5.69 Å². The predicted octanol–water partition coefficient (Wildman–Crippen LogP) is 2.58. The van der Waals surface area contributed by atoms with E-state index in [1.807, 2.05) is 0 Å². The van der Waals surface area contributed by atoms with Gasteiger partial charge in [0.15, 0.2) is 0 Å². The Bertz CT molecular complexity index is 583. The van der Waals surface area contributed by atoms with Crippen LogP contribution in [0.25, 0.3) is 5.69 Å². The minimum absolute atomic E-state index is 0.0496. The van der Waals surface area contributed by atoms with Gasteiger partial charge < -0.3 is 4.74 Å². The molecule has 0 aliphatic heterocycles. The Balaban J connectivity index is 2.51. The van der Waals surface area contributed by atoms with Gasteiger partial charge in [0.25, 0.3) is 5.69 Å². The summed E-state index contributed by atoms with van der Waals surface area (Å²) in [5.74, 6) is 0. The highest BCUT2D eigenvalue weighted by atomic mass is 35.5. The minimum atomic E-state index is -0.469. The van der Waals surface area contributed by atoms with Crippen molar-refractivity contribution in [1.82, 2.24) is 9.78 Å². The van der Waals surface area contributed by atoms with Crippen molar-refractivity contribution in [3.05, 3.63) is 51.3 Å². The molecule has 0 amide bonds. The molecule has 2 aromatic rings. The molecule has 0 spiro atoms. The van der Waals surface area contributed by atoms with Gasteiger partial charge >= 0.3 is 0 Å². The molecule has 0 aliphatic rings. The van der Waals surface area contributed by atoms with E-state index in [1.54, 1.807) is 24.3 Å². The summed E-state index contributed by atoms with van der Waals surface area (Å²) >= 11 is 6.01. The third kappa shape index (κ3) is 2.34. The zero-order valence-corrected chi connectivity index (χ0v) is 10.3. The number of nitro groups is 1. The molecular formula is C11H10ClN3O3. The van der Waals surface area contributed by atoms with Crippen molar-refractivity contribution >= 4 is 17.3 Å². The van der Waals surface area contributed by atoms with Crippen LogP contribution < -0.4 is 0 Å². The fourth-order valence-electron chi connectivity index (χ4n) is 1.59. The van der Waals surface area contributed by atoms with Crippen molar-refractivity contribution in [3.8, 4) is 5.69 Å². The molecule has 0 saturated heterocycles. The van der Waals surface area contributed by atoms with E-state index in [2.05, 4.69) is 5.10 Å². The van der Waals surface area contributed by atoms with Crippen molar-refractivity contribution in [2.24, 2.45) is 0 Å². The molecule has 1 aromatic heterocycles. The zero-order valence-electron chi connectivity index (χ0n) is 9.54. The topological polar surface area (TPSA) is 70.2 Å². The number of ether oxygens (including phenoxy) is 1. The van der Waals surface area contributed by atoms with Gasteiger partial charge in [-0.05, 0) is 6.07 Å². The lowest BCUT2D eigenvalue weighted by atomic mass is 10.3. The van der Waals surface area contributed by atoms with Gasteiger partial charge in [0.05, 0.1) is 17.2 Å². The molecule has 6 nitrogen and oxygen atoms in total. The molecule has 94 valence electrons. The first-order valence-corrected chi connectivity index (χ1v) is 5.48. The van der Waals surface area contributed by atoms with E-state index in [-0.39, 0.29) is 5.69 Å². The summed E-state index contributed by atoms with van der Waals surface area (Å²) in [6, 6.07) is 7.89. The summed E-state index contributed by atoms with van der Waals surface area (Å²) in [4.78, 5) is 10.5. The second kappa shape index (κ2) is 5.16. The van der Waals surface area contributed by atoms with Crippen LogP contribution in [0.15, 0.2) is 30.3 Å². The van der Waals surface area contributed by atoms with E-state index in [1.165, 1.54) is 17.9 Å². The molecular weight excluding hydrogens is 258 g/mol. The van der Waals surface area contributed by atoms with Gasteiger partial charge in [-0.3, -0.25) is 10.1 Å². The van der Waals surface area contributed by atoms with Gasteiger partial charge in [0.1, 0.15) is 10.8 Å². The molecule has 1 aromatic carbocycles. The molecule has 0 bridgehead atoms. The number of para-hydroxylation sites is 2. The number of halogens is 1. The highest BCUT2D eigenvalue weighted by Gasteiger charge is 2.17. The summed E-state index contributed by atoms with van der Waals surface area (Å²) in [6.45, 7) is 0.299. The van der Waals surface area contributed by atoms with Crippen LogP contribution in [0.5, 0.6) is 0 Å². The molecule has 0 atom stereocenters. The summed E-state index contributed by atoms with van der Waals surface area (Å²) in [5, 5.41) is 15.4. The van der Waals surface area contributed by atoms with Gasteiger partial charge in [0.2, 0.25) is 0 Å². The third-order valence-corrected chi connectivity index (χ3v) is 2.58. The van der Waals surface area contributed by atoms with Crippen molar-refractivity contribution in [2.75, 3.05) is 7.11 Å². The van der Waals surface area contributed by atoms with Crippen LogP contribution in [-0.2, 0) is 11.3 Å². The third-order valence-electron chi connectivity index (χ3n) is 2.32. The fourth-order valence-corrected chi connectivity index (χ4v) is 1.84. The van der Waals surface area contributed by atoms with Crippen LogP contribution in [0.2, 0.25) is 5.15 Å². The van der Waals surface area contributed by atoms with Crippen LogP contribution >= 0.6 is 11.6 Å². The number of hydrogen-bond donors (Lipinski definition) is 0. The summed E-state index contributed by atoms with van der Waals surface area (Å²) in [6.07, 6.45) is 0. The first-order valence-electron chi connectivity index (χ1n) is 5.10. The summed E-state index contributed by atoms with van der Waals surface area (Å²) in [7, 11) is 1.54. The monoisotopic (exact) mass is 267 g/mol. The Morgan fingerprint density at radius 2 is 2.22 bits per heavy atom. The Morgan fingerprint density at radius 3 is 2.89 bits per heavy atom. The zero-order chi connectivity index (χ0) is 13.1. The lowest BCUT2D eigenvalue weighted by Gasteiger charge is -2.03. The first-order chi connectivity index (χ1) is 8.63. The highest BCUT2D eigenvalue weighted by Crippen LogP contribution is 2.25. The average molecular weight is 268 g/mol. The maximum absolute atomic E-state index is 10.9. The molecule has 0 N–H and O–H groups in total. The van der Waals surface area contributed by atoms with Crippen molar-refractivity contribution in [3.63, 3.8) is 0 Å². The molecule has 2 rings (SSSR count). The van der Waals surface area contributed by atoms with Crippen LogP contribution in [0.1, 0.15) is 5.69 Å². The molecule has 18 heavy (non-hydrogen) atoms. The van der Waals surface area contributed by atoms with Gasteiger partial charge in [-0.15, -0.1) is 0 Å². The van der Waals surface area contributed by atoms with E-state index in [0.717, 1.165) is 0 Å². The molecule has 1 heterocycles. The Kier molecular flexibility index (Phi) is 3.59. The second-order valence-corrected chi connectivity index (χ2v) is 3.94.